The van der Waals surface area contributed by atoms with Crippen LogP contribution in [0.5, 0.6) is 0 Å². The molecule has 0 aliphatic carbocycles. The molecule has 0 saturated carbocycles. The van der Waals surface area contributed by atoms with Gasteiger partial charge in [-0.05, 0) is 19.1 Å². The topological polar surface area (TPSA) is 68.8 Å². The number of nitrogens with two attached hydrogens (primary N) is 1. The minimum atomic E-state index is 0.252. The maximum absolute atomic E-state index is 5.52. The first kappa shape index (κ1) is 12.5. The van der Waals surface area contributed by atoms with Gasteiger partial charge in [0.2, 0.25) is 0 Å². The first-order chi connectivity index (χ1) is 8.65. The maximum Gasteiger partial charge on any atom is 0.126 e. The van der Waals surface area contributed by atoms with Crippen molar-refractivity contribution >= 4 is 23.0 Å². The van der Waals surface area contributed by atoms with E-state index in [-0.39, 0.29) is 6.04 Å². The molecule has 0 radical (unpaired) electrons. The monoisotopic (exact) mass is 261 g/mol. The van der Waals surface area contributed by atoms with E-state index in [9.17, 15) is 0 Å². The molecular formula is C12H15N5S. The lowest BCUT2D eigenvalue weighted by molar-refractivity contribution is 0.617. The van der Waals surface area contributed by atoms with Crippen molar-refractivity contribution < 1.29 is 0 Å². The summed E-state index contributed by atoms with van der Waals surface area (Å²) in [4.78, 5) is 8.63. The summed E-state index contributed by atoms with van der Waals surface area (Å²) in [6, 6.07) is 3.99. The van der Waals surface area contributed by atoms with Crippen LogP contribution >= 0.6 is 12.2 Å². The Morgan fingerprint density at radius 1 is 1.56 bits per heavy atom. The highest BCUT2D eigenvalue weighted by atomic mass is 32.1. The lowest BCUT2D eigenvalue weighted by Gasteiger charge is -2.15. The highest BCUT2D eigenvalue weighted by molar-refractivity contribution is 7.80. The van der Waals surface area contributed by atoms with Crippen LogP contribution in [0.2, 0.25) is 0 Å². The first-order valence-electron chi connectivity index (χ1n) is 5.63. The molecule has 18 heavy (non-hydrogen) atoms. The summed E-state index contributed by atoms with van der Waals surface area (Å²) < 4.78 is 2.01. The lowest BCUT2D eigenvalue weighted by atomic mass is 10.2. The zero-order valence-corrected chi connectivity index (χ0v) is 10.9. The molecule has 6 heteroatoms. The molecule has 0 aliphatic rings. The van der Waals surface area contributed by atoms with Crippen LogP contribution in [0, 0.1) is 0 Å². The molecular weight excluding hydrogens is 246 g/mol. The molecule has 0 spiro atoms. The third kappa shape index (κ3) is 3.27. The summed E-state index contributed by atoms with van der Waals surface area (Å²) in [6.07, 6.45) is 7.17. The molecule has 0 aromatic carbocycles. The van der Waals surface area contributed by atoms with Crippen LogP contribution in [-0.4, -0.2) is 25.6 Å². The Balaban J connectivity index is 1.94. The number of hydrogen-bond acceptors (Lipinski definition) is 4. The summed E-state index contributed by atoms with van der Waals surface area (Å²) in [5, 5.41) is 3.30. The Kier molecular flexibility index (Phi) is 3.88. The van der Waals surface area contributed by atoms with Gasteiger partial charge >= 0.3 is 0 Å². The molecule has 94 valence electrons. The van der Waals surface area contributed by atoms with Crippen LogP contribution < -0.4 is 11.1 Å². The van der Waals surface area contributed by atoms with Gasteiger partial charge in [-0.15, -0.1) is 0 Å². The Morgan fingerprint density at radius 2 is 2.39 bits per heavy atom. The van der Waals surface area contributed by atoms with Crippen molar-refractivity contribution in [3.8, 4) is 0 Å². The Labute approximate surface area is 111 Å². The fraction of sp³-hybridized carbons (Fsp3) is 0.250. The zero-order valence-electron chi connectivity index (χ0n) is 10.1. The van der Waals surface area contributed by atoms with Gasteiger partial charge in [0.1, 0.15) is 10.8 Å². The molecule has 1 unspecified atom stereocenters. The molecule has 0 bridgehead atoms. The van der Waals surface area contributed by atoms with Gasteiger partial charge in [0, 0.05) is 36.7 Å². The number of pyridine rings is 1. The highest BCUT2D eigenvalue weighted by Crippen LogP contribution is 2.07. The van der Waals surface area contributed by atoms with E-state index < -0.39 is 0 Å². The molecule has 0 aliphatic heterocycles. The molecule has 0 fully saturated rings. The van der Waals surface area contributed by atoms with Gasteiger partial charge in [0.15, 0.2) is 0 Å². The Hall–Kier alpha value is -1.95. The minimum absolute atomic E-state index is 0.252. The van der Waals surface area contributed by atoms with Crippen molar-refractivity contribution in [3.63, 3.8) is 0 Å². The van der Waals surface area contributed by atoms with Crippen molar-refractivity contribution in [2.75, 3.05) is 5.32 Å². The highest BCUT2D eigenvalue weighted by Gasteiger charge is 2.04. The van der Waals surface area contributed by atoms with E-state index in [4.69, 9.17) is 18.0 Å². The van der Waals surface area contributed by atoms with E-state index >= 15 is 0 Å². The second-order valence-electron chi connectivity index (χ2n) is 4.10. The summed E-state index contributed by atoms with van der Waals surface area (Å²) in [5.41, 5.74) is 6.29. The number of imidazole rings is 1. The van der Waals surface area contributed by atoms with Crippen molar-refractivity contribution in [2.45, 2.75) is 19.5 Å². The van der Waals surface area contributed by atoms with Gasteiger partial charge in [0.05, 0.1) is 6.33 Å². The van der Waals surface area contributed by atoms with E-state index in [2.05, 4.69) is 22.2 Å². The number of nitrogens with one attached hydrogen (secondary N) is 1. The van der Waals surface area contributed by atoms with E-state index in [0.717, 1.165) is 17.9 Å². The maximum atomic E-state index is 5.52. The zero-order chi connectivity index (χ0) is 13.0. The quantitative estimate of drug-likeness (QED) is 0.797. The molecule has 0 amide bonds. The molecule has 1 atom stereocenters. The van der Waals surface area contributed by atoms with Crippen molar-refractivity contribution in [1.82, 2.24) is 14.5 Å². The number of nitrogens with zero attached hydrogens (tertiary/aromatic N) is 3. The fourth-order valence-electron chi connectivity index (χ4n) is 1.63. The molecule has 2 heterocycles. The predicted molar refractivity (Wildman–Crippen MR) is 75.4 cm³/mol. The summed E-state index contributed by atoms with van der Waals surface area (Å²) in [5.74, 6) is 0.808. The standard InChI is InChI=1S/C12H15N5S/c1-9(7-17-5-4-14-8-17)16-11-3-2-10(6-15-11)12(13)18/h2-6,8-9H,7H2,1H3,(H2,13,18)(H,15,16). The molecule has 3 N–H and O–H groups in total. The van der Waals surface area contributed by atoms with E-state index in [1.165, 1.54) is 0 Å². The molecule has 2 rings (SSSR count). The lowest BCUT2D eigenvalue weighted by Crippen LogP contribution is -2.22. The number of anilines is 1. The van der Waals surface area contributed by atoms with Crippen LogP contribution in [-0.2, 0) is 6.54 Å². The van der Waals surface area contributed by atoms with Crippen LogP contribution in [0.15, 0.2) is 37.1 Å². The van der Waals surface area contributed by atoms with E-state index in [1.54, 1.807) is 18.7 Å². The smallest absolute Gasteiger partial charge is 0.126 e. The predicted octanol–water partition coefficient (Wildman–Crippen LogP) is 1.41. The Bertz CT molecular complexity index is 506. The van der Waals surface area contributed by atoms with Gasteiger partial charge in [-0.25, -0.2) is 9.97 Å². The fourth-order valence-corrected chi connectivity index (χ4v) is 1.75. The SMILES string of the molecule is CC(Cn1ccnc1)Nc1ccc(C(N)=S)cn1. The van der Waals surface area contributed by atoms with Crippen LogP contribution in [0.4, 0.5) is 5.82 Å². The van der Waals surface area contributed by atoms with Crippen LogP contribution in [0.1, 0.15) is 12.5 Å². The third-order valence-electron chi connectivity index (χ3n) is 2.49. The summed E-state index contributed by atoms with van der Waals surface area (Å²) in [6.45, 7) is 2.92. The van der Waals surface area contributed by atoms with Crippen molar-refractivity contribution in [2.24, 2.45) is 5.73 Å². The van der Waals surface area contributed by atoms with Crippen LogP contribution in [0.3, 0.4) is 0 Å². The van der Waals surface area contributed by atoms with Gasteiger partial charge < -0.3 is 15.6 Å². The van der Waals surface area contributed by atoms with Crippen LogP contribution in [0.25, 0.3) is 0 Å². The number of aromatic nitrogens is 3. The second kappa shape index (κ2) is 5.59. The van der Waals surface area contributed by atoms with Gasteiger partial charge in [-0.2, -0.15) is 0 Å². The normalized spacial score (nSPS) is 12.1. The number of thiocarbonyl (C=S) groups is 1. The molecule has 2 aromatic heterocycles. The Morgan fingerprint density at radius 3 is 2.94 bits per heavy atom. The van der Waals surface area contributed by atoms with E-state index in [0.29, 0.717) is 4.99 Å². The average molecular weight is 261 g/mol. The number of hydrogen-bond donors (Lipinski definition) is 2. The first-order valence-corrected chi connectivity index (χ1v) is 6.04. The molecule has 0 saturated heterocycles. The third-order valence-corrected chi connectivity index (χ3v) is 2.72. The van der Waals surface area contributed by atoms with E-state index in [1.807, 2.05) is 22.9 Å². The summed E-state index contributed by atoms with van der Waals surface area (Å²) in [7, 11) is 0. The van der Waals surface area contributed by atoms with Gasteiger partial charge in [-0.3, -0.25) is 0 Å². The van der Waals surface area contributed by atoms with Crippen molar-refractivity contribution in [3.05, 3.63) is 42.6 Å². The average Bonchev–Trinajstić information content (AvgIpc) is 2.82. The van der Waals surface area contributed by atoms with Gasteiger partial charge in [0.25, 0.3) is 0 Å². The molecule has 5 nitrogen and oxygen atoms in total. The summed E-state index contributed by atoms with van der Waals surface area (Å²) >= 11 is 4.88. The van der Waals surface area contributed by atoms with Crippen molar-refractivity contribution in [1.29, 1.82) is 0 Å². The molecule has 2 aromatic rings. The number of rotatable bonds is 5. The van der Waals surface area contributed by atoms with Gasteiger partial charge in [-0.1, -0.05) is 12.2 Å². The largest absolute Gasteiger partial charge is 0.389 e. The minimum Gasteiger partial charge on any atom is -0.389 e. The second-order valence-corrected chi connectivity index (χ2v) is 4.54.